The molecule has 0 fully saturated rings. The van der Waals surface area contributed by atoms with Gasteiger partial charge in [0.1, 0.15) is 5.53 Å². The number of hydrogen-bond donors (Lipinski definition) is 1. The second kappa shape index (κ2) is 7.18. The van der Waals surface area contributed by atoms with Gasteiger partial charge in [0.25, 0.3) is 0 Å². The van der Waals surface area contributed by atoms with Crippen molar-refractivity contribution in [3.8, 4) is 0 Å². The van der Waals surface area contributed by atoms with E-state index in [1.807, 2.05) is 0 Å². The van der Waals surface area contributed by atoms with Gasteiger partial charge in [-0.25, -0.2) is 0 Å². The highest BCUT2D eigenvalue weighted by Gasteiger charge is 2.00. The number of aliphatic carboxylic acids is 1. The van der Waals surface area contributed by atoms with Gasteiger partial charge in [0, 0.05) is 0 Å². The molecule has 13 heavy (non-hydrogen) atoms. The number of carbonyl (C=O) groups excluding carboxylic acids is 1. The first-order valence-corrected chi connectivity index (χ1v) is 4.21. The highest BCUT2D eigenvalue weighted by atomic mass is 16.4. The average molecular weight is 183 g/mol. The molecule has 0 unspecified atom stereocenters. The molecule has 0 aromatic heterocycles. The van der Waals surface area contributed by atoms with E-state index in [4.69, 9.17) is 5.53 Å². The maximum Gasteiger partial charge on any atom is 0.220 e. The van der Waals surface area contributed by atoms with E-state index in [1.54, 1.807) is 0 Å². The summed E-state index contributed by atoms with van der Waals surface area (Å²) in [5.41, 5.74) is 6.11. The van der Waals surface area contributed by atoms with Gasteiger partial charge in [0.05, 0.1) is 5.97 Å². The summed E-state index contributed by atoms with van der Waals surface area (Å²) in [4.78, 5) is 13.0. The maximum atomic E-state index is 10.3. The highest BCUT2D eigenvalue weighted by Crippen LogP contribution is 2.03. The van der Waals surface area contributed by atoms with Gasteiger partial charge >= 0.3 is 0 Å². The van der Waals surface area contributed by atoms with Crippen LogP contribution in [0.2, 0.25) is 0 Å². The summed E-state index contributed by atoms with van der Waals surface area (Å²) in [6, 6.07) is 0. The van der Waals surface area contributed by atoms with Crippen molar-refractivity contribution in [3.05, 3.63) is 11.8 Å². The number of rotatable bonds is 6. The Hall–Kier alpha value is -1.48. The van der Waals surface area contributed by atoms with Crippen LogP contribution in [0.4, 0.5) is 0 Å². The van der Waals surface area contributed by atoms with Gasteiger partial charge in [-0.05, 0) is 18.9 Å². The summed E-state index contributed by atoms with van der Waals surface area (Å²) in [7, 11) is 0. The molecule has 0 heterocycles. The summed E-state index contributed by atoms with van der Waals surface area (Å²) in [6.07, 6.45) is 5.11. The summed E-state index contributed by atoms with van der Waals surface area (Å²) in [6.45, 7) is 2.06. The van der Waals surface area contributed by atoms with E-state index >= 15 is 0 Å². The molecular weight excluding hydrogens is 170 g/mol. The molecule has 0 saturated heterocycles. The number of carbonyl (C=O) groups is 1. The van der Waals surface area contributed by atoms with Crippen LogP contribution >= 0.6 is 0 Å². The van der Waals surface area contributed by atoms with Crippen LogP contribution in [0.1, 0.15) is 32.6 Å². The molecule has 5 heteroatoms. The number of carboxylic acid groups (broad SMARTS) is 1. The van der Waals surface area contributed by atoms with Crippen LogP contribution in [0.5, 0.6) is 0 Å². The van der Waals surface area contributed by atoms with Gasteiger partial charge < -0.3 is 9.90 Å². The van der Waals surface area contributed by atoms with Crippen LogP contribution in [-0.2, 0) is 4.79 Å². The number of nitrogens with zero attached hydrogens (tertiary/aromatic N) is 2. The SMILES string of the molecule is CCCCCC=C(N=[N+]=N)C(=O)[O-]. The Kier molecular flexibility index (Phi) is 6.37. The lowest BCUT2D eigenvalue weighted by Gasteiger charge is -1.95. The van der Waals surface area contributed by atoms with Crippen LogP contribution in [0.3, 0.4) is 0 Å². The minimum absolute atomic E-state index is 0.258. The lowest BCUT2D eigenvalue weighted by Crippen LogP contribution is -2.23. The smallest absolute Gasteiger partial charge is 0.220 e. The molecule has 0 saturated carbocycles. The first kappa shape index (κ1) is 11.5. The summed E-state index contributed by atoms with van der Waals surface area (Å²) in [5.74, 6) is -1.38. The van der Waals surface area contributed by atoms with E-state index in [-0.39, 0.29) is 5.70 Å². The monoisotopic (exact) mass is 183 g/mol. The van der Waals surface area contributed by atoms with Gasteiger partial charge in [-0.2, -0.15) is 0 Å². The van der Waals surface area contributed by atoms with Gasteiger partial charge in [-0.3, -0.25) is 0 Å². The fourth-order valence-corrected chi connectivity index (χ4v) is 0.852. The molecule has 0 aliphatic carbocycles. The Balaban J connectivity index is 4.05. The van der Waals surface area contributed by atoms with Crippen molar-refractivity contribution in [2.24, 2.45) is 5.11 Å². The fourth-order valence-electron chi connectivity index (χ4n) is 0.852. The molecular formula is C8H13N3O2. The van der Waals surface area contributed by atoms with Crippen LogP contribution in [0, 0.1) is 5.53 Å². The van der Waals surface area contributed by atoms with E-state index in [1.165, 1.54) is 6.08 Å². The zero-order valence-electron chi connectivity index (χ0n) is 7.62. The lowest BCUT2D eigenvalue weighted by molar-refractivity contribution is -0.299. The van der Waals surface area contributed by atoms with Crippen LogP contribution in [0.25, 0.3) is 0 Å². The summed E-state index contributed by atoms with van der Waals surface area (Å²) in [5, 5.41) is 13.4. The molecule has 5 nitrogen and oxygen atoms in total. The highest BCUT2D eigenvalue weighted by molar-refractivity contribution is 5.83. The van der Waals surface area contributed by atoms with Crippen molar-refractivity contribution in [2.75, 3.05) is 0 Å². The van der Waals surface area contributed by atoms with Gasteiger partial charge in [0.15, 0.2) is 10.8 Å². The van der Waals surface area contributed by atoms with Crippen molar-refractivity contribution in [2.45, 2.75) is 32.6 Å². The largest absolute Gasteiger partial charge is 0.543 e. The second-order valence-electron chi connectivity index (χ2n) is 2.57. The topological polar surface area (TPSA) is 90.4 Å². The van der Waals surface area contributed by atoms with Crippen LogP contribution in [-0.4, -0.2) is 5.97 Å². The first-order valence-electron chi connectivity index (χ1n) is 4.21. The number of nitrogens with one attached hydrogen (secondary N) is 1. The molecule has 0 rings (SSSR count). The molecule has 0 spiro atoms. The molecule has 0 bridgehead atoms. The minimum atomic E-state index is -1.38. The third-order valence-corrected chi connectivity index (χ3v) is 1.51. The van der Waals surface area contributed by atoms with E-state index in [9.17, 15) is 9.90 Å². The Morgan fingerprint density at radius 1 is 1.62 bits per heavy atom. The normalized spacial score (nSPS) is 10.7. The minimum Gasteiger partial charge on any atom is -0.543 e. The molecule has 72 valence electrons. The van der Waals surface area contributed by atoms with Crippen molar-refractivity contribution in [3.63, 3.8) is 0 Å². The third kappa shape index (κ3) is 5.75. The molecule has 0 radical (unpaired) electrons. The van der Waals surface area contributed by atoms with Gasteiger partial charge in [-0.15, -0.1) is 0 Å². The van der Waals surface area contributed by atoms with E-state index < -0.39 is 5.97 Å². The van der Waals surface area contributed by atoms with Gasteiger partial charge in [0.2, 0.25) is 4.91 Å². The Morgan fingerprint density at radius 2 is 2.31 bits per heavy atom. The number of unbranched alkanes of at least 4 members (excludes halogenated alkanes) is 3. The predicted molar refractivity (Wildman–Crippen MR) is 44.5 cm³/mol. The van der Waals surface area contributed by atoms with Crippen molar-refractivity contribution < 1.29 is 9.90 Å². The number of hydrogen-bond acceptors (Lipinski definition) is 4. The second-order valence-corrected chi connectivity index (χ2v) is 2.57. The number of carboxylic acids is 1. The molecule has 0 aliphatic rings. The first-order chi connectivity index (χ1) is 6.22. The van der Waals surface area contributed by atoms with Crippen molar-refractivity contribution in [1.82, 2.24) is 4.91 Å². The summed E-state index contributed by atoms with van der Waals surface area (Å²) >= 11 is 0. The van der Waals surface area contributed by atoms with E-state index in [0.717, 1.165) is 19.3 Å². The molecule has 0 aliphatic heterocycles. The Bertz CT molecular complexity index is 238. The molecule has 0 aromatic rings. The Morgan fingerprint density at radius 3 is 2.77 bits per heavy atom. The molecule has 1 N–H and O–H groups in total. The molecule has 0 atom stereocenters. The summed E-state index contributed by atoms with van der Waals surface area (Å²) < 4.78 is 0. The van der Waals surface area contributed by atoms with Crippen LogP contribution < -0.4 is 10.0 Å². The standard InChI is InChI=1S/C8H13N3O2/c1-2-3-4-5-6-7(8(12)13)10-11-9/h6,9H,2-5H2,1H3. The lowest BCUT2D eigenvalue weighted by atomic mass is 10.2. The maximum absolute atomic E-state index is 10.3. The average Bonchev–Trinajstić information content (AvgIpc) is 2.10. The van der Waals surface area contributed by atoms with Crippen molar-refractivity contribution >= 4 is 5.97 Å². The van der Waals surface area contributed by atoms with Gasteiger partial charge in [-0.1, -0.05) is 19.8 Å². The quantitative estimate of drug-likeness (QED) is 0.285. The van der Waals surface area contributed by atoms with Crippen LogP contribution in [0.15, 0.2) is 16.9 Å². The Labute approximate surface area is 76.7 Å². The molecule has 0 aromatic carbocycles. The zero-order valence-corrected chi connectivity index (χ0v) is 7.62. The van der Waals surface area contributed by atoms with Crippen molar-refractivity contribution in [1.29, 1.82) is 5.53 Å². The fraction of sp³-hybridized carbons (Fsp3) is 0.625. The van der Waals surface area contributed by atoms with E-state index in [2.05, 4.69) is 16.9 Å². The predicted octanol–water partition coefficient (Wildman–Crippen LogP) is 0.751. The van der Waals surface area contributed by atoms with E-state index in [0.29, 0.717) is 6.42 Å². The third-order valence-electron chi connectivity index (χ3n) is 1.51. The number of allylic oxidation sites excluding steroid dienone is 1. The molecule has 0 amide bonds. The zero-order chi connectivity index (χ0) is 10.1.